The van der Waals surface area contributed by atoms with Crippen molar-refractivity contribution in [2.24, 2.45) is 0 Å². The fourth-order valence-corrected chi connectivity index (χ4v) is 2.27. The molecule has 25 heavy (non-hydrogen) atoms. The van der Waals surface area contributed by atoms with Gasteiger partial charge in [-0.25, -0.2) is 4.79 Å². The molecule has 0 fully saturated rings. The van der Waals surface area contributed by atoms with E-state index in [9.17, 15) is 4.79 Å². The number of rotatable bonds is 5. The quantitative estimate of drug-likeness (QED) is 0.661. The molecule has 0 unspecified atom stereocenters. The van der Waals surface area contributed by atoms with Crippen LogP contribution in [0, 0.1) is 0 Å². The predicted octanol–water partition coefficient (Wildman–Crippen LogP) is 3.72. The lowest BCUT2D eigenvalue weighted by molar-refractivity contribution is 0.0280. The van der Waals surface area contributed by atoms with Crippen molar-refractivity contribution in [3.05, 3.63) is 66.1 Å². The Morgan fingerprint density at radius 2 is 1.72 bits per heavy atom. The number of hydrogen-bond donors (Lipinski definition) is 0. The summed E-state index contributed by atoms with van der Waals surface area (Å²) in [4.78, 5) is 14.2. The van der Waals surface area contributed by atoms with Crippen LogP contribution in [0.4, 0.5) is 5.69 Å². The largest absolute Gasteiger partial charge is 0.449 e. The fraction of sp³-hybridized carbons (Fsp3) is 0.211. The molecule has 0 aliphatic heterocycles. The number of benzene rings is 2. The van der Waals surface area contributed by atoms with Gasteiger partial charge in [-0.05, 0) is 43.3 Å². The first-order chi connectivity index (χ1) is 12.0. The van der Waals surface area contributed by atoms with E-state index in [1.807, 2.05) is 61.5 Å². The molecule has 0 aliphatic carbocycles. The number of ether oxygens (including phenoxy) is 1. The molecule has 0 saturated heterocycles. The van der Waals surface area contributed by atoms with Crippen molar-refractivity contribution in [2.45, 2.75) is 13.0 Å². The third-order valence-electron chi connectivity index (χ3n) is 3.71. The summed E-state index contributed by atoms with van der Waals surface area (Å²) in [6, 6.07) is 16.6. The highest BCUT2D eigenvalue weighted by Gasteiger charge is 2.20. The zero-order chi connectivity index (χ0) is 17.8. The van der Waals surface area contributed by atoms with E-state index < -0.39 is 12.1 Å². The van der Waals surface area contributed by atoms with Crippen LogP contribution in [0.15, 0.2) is 59.0 Å². The molecule has 0 radical (unpaired) electrons. The van der Waals surface area contributed by atoms with Crippen molar-refractivity contribution < 1.29 is 13.9 Å². The lowest BCUT2D eigenvalue weighted by Gasteiger charge is -2.13. The van der Waals surface area contributed by atoms with Gasteiger partial charge in [0.05, 0.1) is 5.56 Å². The van der Waals surface area contributed by atoms with Gasteiger partial charge in [-0.2, -0.15) is 0 Å². The molecule has 0 saturated carbocycles. The van der Waals surface area contributed by atoms with Crippen LogP contribution in [-0.4, -0.2) is 30.3 Å². The Bertz CT molecular complexity index is 842. The summed E-state index contributed by atoms with van der Waals surface area (Å²) in [6.07, 6.45) is -0.633. The first-order valence-corrected chi connectivity index (χ1v) is 7.92. The third-order valence-corrected chi connectivity index (χ3v) is 3.71. The Morgan fingerprint density at radius 3 is 2.36 bits per heavy atom. The molecular formula is C19H19N3O3. The molecule has 6 nitrogen and oxygen atoms in total. The van der Waals surface area contributed by atoms with Crippen LogP contribution in [0.1, 0.15) is 29.3 Å². The minimum atomic E-state index is -0.633. The maximum atomic E-state index is 12.3. The minimum absolute atomic E-state index is 0.261. The summed E-state index contributed by atoms with van der Waals surface area (Å²) in [5, 5.41) is 7.98. The van der Waals surface area contributed by atoms with E-state index >= 15 is 0 Å². The van der Waals surface area contributed by atoms with E-state index in [-0.39, 0.29) is 5.89 Å². The highest BCUT2D eigenvalue weighted by atomic mass is 16.6. The van der Waals surface area contributed by atoms with Gasteiger partial charge in [0.25, 0.3) is 5.89 Å². The normalized spacial score (nSPS) is 11.8. The molecule has 6 heteroatoms. The number of hydrogen-bond acceptors (Lipinski definition) is 6. The van der Waals surface area contributed by atoms with Crippen molar-refractivity contribution in [3.63, 3.8) is 0 Å². The summed E-state index contributed by atoms with van der Waals surface area (Å²) in [5.41, 5.74) is 2.30. The van der Waals surface area contributed by atoms with E-state index in [0.717, 1.165) is 11.3 Å². The molecule has 0 N–H and O–H groups in total. The number of esters is 1. The number of carbonyl (C=O) groups excluding carboxylic acids is 1. The maximum absolute atomic E-state index is 12.3. The van der Waals surface area contributed by atoms with Crippen molar-refractivity contribution >= 4 is 11.7 Å². The average molecular weight is 337 g/mol. The molecule has 1 heterocycles. The zero-order valence-corrected chi connectivity index (χ0v) is 14.3. The number of carbonyl (C=O) groups is 1. The molecular weight excluding hydrogens is 318 g/mol. The molecule has 1 atom stereocenters. The number of nitrogens with zero attached hydrogens (tertiary/aromatic N) is 3. The minimum Gasteiger partial charge on any atom is -0.449 e. The van der Waals surface area contributed by atoms with Crippen LogP contribution in [0.5, 0.6) is 0 Å². The summed E-state index contributed by atoms with van der Waals surface area (Å²) in [6.45, 7) is 1.70. The second kappa shape index (κ2) is 7.17. The van der Waals surface area contributed by atoms with Gasteiger partial charge in [-0.1, -0.05) is 18.2 Å². The molecule has 3 aromatic rings. The van der Waals surface area contributed by atoms with E-state index in [1.54, 1.807) is 19.1 Å². The second-order valence-electron chi connectivity index (χ2n) is 5.80. The van der Waals surface area contributed by atoms with Gasteiger partial charge in [-0.3, -0.25) is 0 Å². The monoisotopic (exact) mass is 337 g/mol. The van der Waals surface area contributed by atoms with E-state index in [4.69, 9.17) is 9.15 Å². The maximum Gasteiger partial charge on any atom is 0.338 e. The first-order valence-electron chi connectivity index (χ1n) is 7.92. The predicted molar refractivity (Wildman–Crippen MR) is 94.3 cm³/mol. The van der Waals surface area contributed by atoms with Crippen LogP contribution in [0.25, 0.3) is 11.5 Å². The number of aromatic nitrogens is 2. The van der Waals surface area contributed by atoms with E-state index in [2.05, 4.69) is 10.2 Å². The Kier molecular flexibility index (Phi) is 4.79. The molecule has 1 aromatic heterocycles. The van der Waals surface area contributed by atoms with Gasteiger partial charge in [0.2, 0.25) is 5.89 Å². The number of anilines is 1. The molecule has 2 aromatic carbocycles. The second-order valence-corrected chi connectivity index (χ2v) is 5.80. The summed E-state index contributed by atoms with van der Waals surface area (Å²) in [5.74, 6) is 0.225. The van der Waals surface area contributed by atoms with E-state index in [0.29, 0.717) is 11.5 Å². The van der Waals surface area contributed by atoms with Crippen LogP contribution in [0.2, 0.25) is 0 Å². The molecule has 0 aliphatic rings. The lowest BCUT2D eigenvalue weighted by Crippen LogP contribution is -2.11. The Labute approximate surface area is 146 Å². The van der Waals surface area contributed by atoms with Crippen LogP contribution >= 0.6 is 0 Å². The van der Waals surface area contributed by atoms with Gasteiger partial charge >= 0.3 is 5.97 Å². The van der Waals surface area contributed by atoms with Crippen molar-refractivity contribution in [2.75, 3.05) is 19.0 Å². The van der Waals surface area contributed by atoms with Gasteiger partial charge in [0.15, 0.2) is 6.10 Å². The summed E-state index contributed by atoms with van der Waals surface area (Å²) >= 11 is 0. The Morgan fingerprint density at radius 1 is 1.04 bits per heavy atom. The van der Waals surface area contributed by atoms with Crippen LogP contribution < -0.4 is 4.90 Å². The average Bonchev–Trinajstić information content (AvgIpc) is 3.13. The van der Waals surface area contributed by atoms with Gasteiger partial charge in [0.1, 0.15) is 0 Å². The van der Waals surface area contributed by atoms with Crippen molar-refractivity contribution in [1.29, 1.82) is 0 Å². The summed E-state index contributed by atoms with van der Waals surface area (Å²) in [7, 11) is 3.88. The summed E-state index contributed by atoms with van der Waals surface area (Å²) < 4.78 is 11.0. The SMILES string of the molecule is C[C@H](OC(=O)c1ccc(N(C)C)cc1)c1nnc(-c2ccccc2)o1. The first kappa shape index (κ1) is 16.7. The third kappa shape index (κ3) is 3.85. The van der Waals surface area contributed by atoms with Gasteiger partial charge in [0, 0.05) is 25.3 Å². The lowest BCUT2D eigenvalue weighted by atomic mass is 10.2. The van der Waals surface area contributed by atoms with Crippen molar-refractivity contribution in [3.8, 4) is 11.5 Å². The van der Waals surface area contributed by atoms with Crippen LogP contribution in [-0.2, 0) is 4.74 Å². The highest BCUT2D eigenvalue weighted by molar-refractivity contribution is 5.90. The van der Waals surface area contributed by atoms with E-state index in [1.165, 1.54) is 0 Å². The topological polar surface area (TPSA) is 68.5 Å². The smallest absolute Gasteiger partial charge is 0.338 e. The molecule has 128 valence electrons. The highest BCUT2D eigenvalue weighted by Crippen LogP contribution is 2.23. The van der Waals surface area contributed by atoms with Gasteiger partial charge < -0.3 is 14.1 Å². The molecule has 3 rings (SSSR count). The zero-order valence-electron chi connectivity index (χ0n) is 14.3. The Hall–Kier alpha value is -3.15. The van der Waals surface area contributed by atoms with Crippen LogP contribution in [0.3, 0.4) is 0 Å². The fourth-order valence-electron chi connectivity index (χ4n) is 2.27. The Balaban J connectivity index is 1.68. The molecule has 0 amide bonds. The standard InChI is InChI=1S/C19H19N3O3/c1-13(17-20-21-18(25-17)14-7-5-4-6-8-14)24-19(23)15-9-11-16(12-10-15)22(2)3/h4-13H,1-3H3/t13-/m0/s1. The van der Waals surface area contributed by atoms with Gasteiger partial charge in [-0.15, -0.1) is 10.2 Å². The molecule has 0 bridgehead atoms. The van der Waals surface area contributed by atoms with Crippen molar-refractivity contribution in [1.82, 2.24) is 10.2 Å². The molecule has 0 spiro atoms.